The molecule has 1 aliphatic rings. The highest BCUT2D eigenvalue weighted by atomic mass is 16.3. The van der Waals surface area contributed by atoms with Crippen LogP contribution in [0.4, 0.5) is 0 Å². The third-order valence-corrected chi connectivity index (χ3v) is 3.20. The first-order valence-corrected chi connectivity index (χ1v) is 5.73. The summed E-state index contributed by atoms with van der Waals surface area (Å²) >= 11 is 0. The first kappa shape index (κ1) is 9.46. The van der Waals surface area contributed by atoms with E-state index in [1.54, 1.807) is 6.26 Å². The van der Waals surface area contributed by atoms with Crippen LogP contribution in [-0.4, -0.2) is 0 Å². The summed E-state index contributed by atoms with van der Waals surface area (Å²) < 4.78 is 5.48. The maximum atomic E-state index is 5.48. The SMILES string of the molecule is CCC1=Cc2c(cccc2-c2ccco2)C1. The monoisotopic (exact) mass is 210 g/mol. The molecule has 0 fully saturated rings. The van der Waals surface area contributed by atoms with Gasteiger partial charge in [0, 0.05) is 5.56 Å². The molecule has 1 heterocycles. The molecule has 80 valence electrons. The molecule has 0 amide bonds. The fourth-order valence-electron chi connectivity index (χ4n) is 2.31. The fourth-order valence-corrected chi connectivity index (χ4v) is 2.31. The Bertz CT molecular complexity index is 533. The van der Waals surface area contributed by atoms with Crippen molar-refractivity contribution in [2.45, 2.75) is 19.8 Å². The van der Waals surface area contributed by atoms with Gasteiger partial charge in [0.15, 0.2) is 0 Å². The van der Waals surface area contributed by atoms with E-state index in [1.807, 2.05) is 12.1 Å². The van der Waals surface area contributed by atoms with E-state index in [-0.39, 0.29) is 0 Å². The molecule has 0 radical (unpaired) electrons. The second kappa shape index (κ2) is 3.67. The zero-order valence-corrected chi connectivity index (χ0v) is 9.36. The highest BCUT2D eigenvalue weighted by Gasteiger charge is 2.16. The van der Waals surface area contributed by atoms with E-state index in [1.165, 1.54) is 22.3 Å². The largest absolute Gasteiger partial charge is 0.464 e. The lowest BCUT2D eigenvalue weighted by Crippen LogP contribution is -1.86. The van der Waals surface area contributed by atoms with Crippen molar-refractivity contribution < 1.29 is 4.42 Å². The molecule has 0 atom stereocenters. The van der Waals surface area contributed by atoms with Crippen LogP contribution in [0, 0.1) is 0 Å². The molecule has 0 N–H and O–H groups in total. The van der Waals surface area contributed by atoms with Gasteiger partial charge in [-0.05, 0) is 36.1 Å². The summed E-state index contributed by atoms with van der Waals surface area (Å²) in [5.41, 5.74) is 5.49. The van der Waals surface area contributed by atoms with Gasteiger partial charge in [-0.3, -0.25) is 0 Å². The van der Waals surface area contributed by atoms with E-state index in [2.05, 4.69) is 31.2 Å². The van der Waals surface area contributed by atoms with Crippen molar-refractivity contribution in [3.8, 4) is 11.3 Å². The molecule has 3 rings (SSSR count). The zero-order valence-electron chi connectivity index (χ0n) is 9.36. The van der Waals surface area contributed by atoms with Crippen LogP contribution in [0.5, 0.6) is 0 Å². The molecule has 1 nitrogen and oxygen atoms in total. The second-order valence-electron chi connectivity index (χ2n) is 4.19. The molecule has 1 heteroatoms. The summed E-state index contributed by atoms with van der Waals surface area (Å²) in [6, 6.07) is 10.4. The number of fused-ring (bicyclic) bond motifs is 1. The van der Waals surface area contributed by atoms with Gasteiger partial charge in [-0.15, -0.1) is 0 Å². The van der Waals surface area contributed by atoms with Crippen molar-refractivity contribution in [1.29, 1.82) is 0 Å². The van der Waals surface area contributed by atoms with Crippen molar-refractivity contribution in [3.05, 3.63) is 53.3 Å². The van der Waals surface area contributed by atoms with Crippen molar-refractivity contribution in [2.24, 2.45) is 0 Å². The highest BCUT2D eigenvalue weighted by Crippen LogP contribution is 2.34. The van der Waals surface area contributed by atoms with Crippen molar-refractivity contribution >= 4 is 6.08 Å². The van der Waals surface area contributed by atoms with Gasteiger partial charge in [0.25, 0.3) is 0 Å². The summed E-state index contributed by atoms with van der Waals surface area (Å²) in [6.07, 6.45) is 6.27. The number of hydrogen-bond acceptors (Lipinski definition) is 1. The van der Waals surface area contributed by atoms with Gasteiger partial charge in [0.1, 0.15) is 5.76 Å². The normalized spacial score (nSPS) is 13.7. The maximum absolute atomic E-state index is 5.48. The average molecular weight is 210 g/mol. The van der Waals surface area contributed by atoms with E-state index in [0.717, 1.165) is 18.6 Å². The molecule has 0 saturated heterocycles. The van der Waals surface area contributed by atoms with Crippen molar-refractivity contribution in [1.82, 2.24) is 0 Å². The van der Waals surface area contributed by atoms with E-state index in [0.29, 0.717) is 0 Å². The Morgan fingerprint density at radius 1 is 1.19 bits per heavy atom. The summed E-state index contributed by atoms with van der Waals surface area (Å²) in [5.74, 6) is 0.963. The molecule has 0 bridgehead atoms. The van der Waals surface area contributed by atoms with Crippen LogP contribution in [0.15, 0.2) is 46.6 Å². The van der Waals surface area contributed by atoms with Crippen LogP contribution in [0.3, 0.4) is 0 Å². The Balaban J connectivity index is 2.15. The lowest BCUT2D eigenvalue weighted by Gasteiger charge is -2.04. The van der Waals surface area contributed by atoms with Gasteiger partial charge in [-0.1, -0.05) is 36.8 Å². The summed E-state index contributed by atoms with van der Waals surface area (Å²) in [4.78, 5) is 0. The minimum absolute atomic E-state index is 0.963. The van der Waals surface area contributed by atoms with Crippen LogP contribution in [-0.2, 0) is 6.42 Å². The van der Waals surface area contributed by atoms with Gasteiger partial charge >= 0.3 is 0 Å². The van der Waals surface area contributed by atoms with Crippen LogP contribution in [0.1, 0.15) is 24.5 Å². The molecule has 1 aromatic heterocycles. The number of furan rings is 1. The third-order valence-electron chi connectivity index (χ3n) is 3.20. The zero-order chi connectivity index (χ0) is 11.0. The van der Waals surface area contributed by atoms with E-state index < -0.39 is 0 Å². The summed E-state index contributed by atoms with van der Waals surface area (Å²) in [7, 11) is 0. The predicted octanol–water partition coefficient (Wildman–Crippen LogP) is 4.30. The fraction of sp³-hybridized carbons (Fsp3) is 0.200. The lowest BCUT2D eigenvalue weighted by molar-refractivity contribution is 0.582. The Morgan fingerprint density at radius 3 is 2.88 bits per heavy atom. The minimum atomic E-state index is 0.963. The highest BCUT2D eigenvalue weighted by molar-refractivity contribution is 5.78. The van der Waals surface area contributed by atoms with Crippen LogP contribution >= 0.6 is 0 Å². The molecule has 1 aliphatic carbocycles. The van der Waals surface area contributed by atoms with E-state index in [4.69, 9.17) is 4.42 Å². The van der Waals surface area contributed by atoms with Crippen molar-refractivity contribution in [3.63, 3.8) is 0 Å². The first-order chi connectivity index (χ1) is 7.88. The molecular formula is C15H14O. The van der Waals surface area contributed by atoms with Gasteiger partial charge in [-0.2, -0.15) is 0 Å². The van der Waals surface area contributed by atoms with Crippen LogP contribution in [0.25, 0.3) is 17.4 Å². The molecule has 16 heavy (non-hydrogen) atoms. The molecule has 0 unspecified atom stereocenters. The van der Waals surface area contributed by atoms with E-state index >= 15 is 0 Å². The molecule has 0 saturated carbocycles. The summed E-state index contributed by atoms with van der Waals surface area (Å²) in [5, 5.41) is 0. The number of benzene rings is 1. The number of rotatable bonds is 2. The number of hydrogen-bond donors (Lipinski definition) is 0. The van der Waals surface area contributed by atoms with Gasteiger partial charge in [-0.25, -0.2) is 0 Å². The smallest absolute Gasteiger partial charge is 0.134 e. The molecule has 2 aromatic rings. The number of allylic oxidation sites excluding steroid dienone is 1. The predicted molar refractivity (Wildman–Crippen MR) is 66.1 cm³/mol. The summed E-state index contributed by atoms with van der Waals surface area (Å²) in [6.45, 7) is 2.21. The van der Waals surface area contributed by atoms with Crippen molar-refractivity contribution in [2.75, 3.05) is 0 Å². The van der Waals surface area contributed by atoms with Crippen LogP contribution in [0.2, 0.25) is 0 Å². The lowest BCUT2D eigenvalue weighted by atomic mass is 10.0. The van der Waals surface area contributed by atoms with Gasteiger partial charge < -0.3 is 4.42 Å². The standard InChI is InChI=1S/C15H14O/c1-2-11-9-12-5-3-6-13(14(12)10-11)15-7-4-8-16-15/h3-8,10H,2,9H2,1H3. The maximum Gasteiger partial charge on any atom is 0.134 e. The van der Waals surface area contributed by atoms with Gasteiger partial charge in [0.05, 0.1) is 6.26 Å². The second-order valence-corrected chi connectivity index (χ2v) is 4.19. The third kappa shape index (κ3) is 1.40. The first-order valence-electron chi connectivity index (χ1n) is 5.73. The molecule has 0 aliphatic heterocycles. The Hall–Kier alpha value is -1.76. The Labute approximate surface area is 95.4 Å². The van der Waals surface area contributed by atoms with Gasteiger partial charge in [0.2, 0.25) is 0 Å². The molecule has 0 spiro atoms. The topological polar surface area (TPSA) is 13.1 Å². The molecule has 1 aromatic carbocycles. The Morgan fingerprint density at radius 2 is 2.12 bits per heavy atom. The van der Waals surface area contributed by atoms with E-state index in [9.17, 15) is 0 Å². The van der Waals surface area contributed by atoms with Crippen LogP contribution < -0.4 is 0 Å². The molecular weight excluding hydrogens is 196 g/mol. The quantitative estimate of drug-likeness (QED) is 0.720. The Kier molecular flexibility index (Phi) is 2.17. The minimum Gasteiger partial charge on any atom is -0.464 e. The average Bonchev–Trinajstić information content (AvgIpc) is 2.97.